The van der Waals surface area contributed by atoms with Crippen molar-refractivity contribution in [1.29, 1.82) is 0 Å². The maximum atomic E-state index is 12.6. The van der Waals surface area contributed by atoms with Crippen molar-refractivity contribution in [3.05, 3.63) is 83.3 Å². The summed E-state index contributed by atoms with van der Waals surface area (Å²) < 4.78 is 11.6. The van der Waals surface area contributed by atoms with E-state index in [1.54, 1.807) is 31.7 Å². The van der Waals surface area contributed by atoms with Gasteiger partial charge >= 0.3 is 0 Å². The summed E-state index contributed by atoms with van der Waals surface area (Å²) in [6.07, 6.45) is 4.85. The molecule has 2 aromatic heterocycles. The number of nitrogens with zero attached hydrogens (tertiary/aromatic N) is 1. The van der Waals surface area contributed by atoms with Gasteiger partial charge in [0.1, 0.15) is 11.3 Å². The first-order chi connectivity index (χ1) is 15.0. The minimum Gasteiger partial charge on any atom is -0.496 e. The molecule has 0 unspecified atom stereocenters. The summed E-state index contributed by atoms with van der Waals surface area (Å²) in [4.78, 5) is 16.6. The minimum atomic E-state index is -0.303. The van der Waals surface area contributed by atoms with Crippen LogP contribution in [-0.2, 0) is 4.79 Å². The van der Waals surface area contributed by atoms with Crippen molar-refractivity contribution in [1.82, 2.24) is 4.98 Å². The van der Waals surface area contributed by atoms with Crippen LogP contribution in [0.4, 0.5) is 5.69 Å². The van der Waals surface area contributed by atoms with Crippen LogP contribution in [0.25, 0.3) is 27.7 Å². The molecule has 6 heteroatoms. The van der Waals surface area contributed by atoms with Gasteiger partial charge in [-0.1, -0.05) is 41.9 Å². The van der Waals surface area contributed by atoms with E-state index in [2.05, 4.69) is 10.3 Å². The third-order valence-electron chi connectivity index (χ3n) is 5.12. The van der Waals surface area contributed by atoms with Crippen LogP contribution in [0.15, 0.2) is 71.5 Å². The van der Waals surface area contributed by atoms with Crippen molar-refractivity contribution in [2.45, 2.75) is 13.8 Å². The highest BCUT2D eigenvalue weighted by molar-refractivity contribution is 6.32. The number of rotatable bonds is 5. The van der Waals surface area contributed by atoms with E-state index < -0.39 is 0 Å². The first-order valence-corrected chi connectivity index (χ1v) is 10.1. The van der Waals surface area contributed by atoms with Gasteiger partial charge in [0, 0.05) is 34.3 Å². The highest BCUT2D eigenvalue weighted by atomic mass is 35.5. The molecule has 0 aliphatic rings. The molecule has 0 atom stereocenters. The van der Waals surface area contributed by atoms with Crippen LogP contribution < -0.4 is 10.1 Å². The second kappa shape index (κ2) is 8.66. The number of anilines is 1. The van der Waals surface area contributed by atoms with Gasteiger partial charge in [-0.05, 0) is 43.2 Å². The lowest BCUT2D eigenvalue weighted by Crippen LogP contribution is -2.09. The molecule has 2 aromatic carbocycles. The van der Waals surface area contributed by atoms with Crippen LogP contribution in [0.3, 0.4) is 0 Å². The molecule has 0 fully saturated rings. The maximum absolute atomic E-state index is 12.6. The Morgan fingerprint density at radius 2 is 1.97 bits per heavy atom. The average Bonchev–Trinajstić information content (AvgIpc) is 3.20. The molecule has 156 valence electrons. The first-order valence-electron chi connectivity index (χ1n) is 9.74. The van der Waals surface area contributed by atoms with Crippen LogP contribution in [0, 0.1) is 6.92 Å². The third kappa shape index (κ3) is 4.05. The molecular formula is C25H21ClN2O3. The van der Waals surface area contributed by atoms with Gasteiger partial charge in [-0.3, -0.25) is 4.79 Å². The van der Waals surface area contributed by atoms with Gasteiger partial charge in [0.2, 0.25) is 5.91 Å². The second-order valence-corrected chi connectivity index (χ2v) is 7.49. The summed E-state index contributed by atoms with van der Waals surface area (Å²) >= 11 is 6.04. The van der Waals surface area contributed by atoms with E-state index in [1.807, 2.05) is 50.2 Å². The van der Waals surface area contributed by atoms with Crippen molar-refractivity contribution in [3.8, 4) is 16.9 Å². The molecule has 1 amide bonds. The van der Waals surface area contributed by atoms with Crippen molar-refractivity contribution in [2.75, 3.05) is 12.4 Å². The van der Waals surface area contributed by atoms with Gasteiger partial charge < -0.3 is 14.5 Å². The lowest BCUT2D eigenvalue weighted by atomic mass is 9.96. The van der Waals surface area contributed by atoms with Gasteiger partial charge in [0.25, 0.3) is 0 Å². The van der Waals surface area contributed by atoms with Crippen LogP contribution in [0.2, 0.25) is 5.15 Å². The van der Waals surface area contributed by atoms with Gasteiger partial charge in [0.15, 0.2) is 5.15 Å². The normalized spacial score (nSPS) is 11.5. The van der Waals surface area contributed by atoms with Crippen molar-refractivity contribution in [2.24, 2.45) is 0 Å². The Kier molecular flexibility index (Phi) is 5.78. The van der Waals surface area contributed by atoms with Crippen LogP contribution in [0.1, 0.15) is 18.1 Å². The molecular weight excluding hydrogens is 412 g/mol. The summed E-state index contributed by atoms with van der Waals surface area (Å²) in [6.45, 7) is 3.82. The number of nitrogens with one attached hydrogen (secondary N) is 1. The molecule has 0 bridgehead atoms. The van der Waals surface area contributed by atoms with Crippen LogP contribution >= 0.6 is 11.6 Å². The van der Waals surface area contributed by atoms with E-state index in [0.29, 0.717) is 11.4 Å². The van der Waals surface area contributed by atoms with Crippen molar-refractivity contribution in [3.63, 3.8) is 0 Å². The molecule has 2 heterocycles. The predicted octanol–water partition coefficient (Wildman–Crippen LogP) is 6.51. The number of ether oxygens (including phenoxy) is 1. The number of hydrogen-bond acceptors (Lipinski definition) is 4. The molecule has 0 saturated carbocycles. The Balaban J connectivity index is 1.77. The van der Waals surface area contributed by atoms with E-state index in [0.717, 1.165) is 38.8 Å². The number of amides is 1. The number of aryl methyl sites for hydroxylation is 1. The standard InChI is InChI=1S/C25H21ClN2O3/c1-15(12-22(29)28-21-10-7-11-27-25(21)26)18-13-19-20(17-8-5-4-6-9-17)14-31-24(19)16(2)23(18)30-3/h4-14H,1-3H3,(H,28,29)/b15-12+. The number of benzene rings is 2. The lowest BCUT2D eigenvalue weighted by molar-refractivity contribution is -0.111. The zero-order chi connectivity index (χ0) is 22.0. The fourth-order valence-corrected chi connectivity index (χ4v) is 3.80. The first kappa shape index (κ1) is 20.7. The Morgan fingerprint density at radius 3 is 2.68 bits per heavy atom. The molecule has 4 rings (SSSR count). The molecule has 4 aromatic rings. The maximum Gasteiger partial charge on any atom is 0.248 e. The number of fused-ring (bicyclic) bond motifs is 1. The highest BCUT2D eigenvalue weighted by Gasteiger charge is 2.18. The largest absolute Gasteiger partial charge is 0.496 e. The smallest absolute Gasteiger partial charge is 0.248 e. The van der Waals surface area contributed by atoms with E-state index in [9.17, 15) is 4.79 Å². The van der Waals surface area contributed by atoms with Gasteiger partial charge in [-0.2, -0.15) is 0 Å². The van der Waals surface area contributed by atoms with Crippen LogP contribution in [0.5, 0.6) is 5.75 Å². The monoisotopic (exact) mass is 432 g/mol. The minimum absolute atomic E-state index is 0.239. The SMILES string of the molecule is COc1c(/C(C)=C/C(=O)Nc2cccnc2Cl)cc2c(-c3ccccc3)coc2c1C. The zero-order valence-corrected chi connectivity index (χ0v) is 18.2. The number of hydrogen-bond donors (Lipinski definition) is 1. The van der Waals surface area contributed by atoms with Gasteiger partial charge in [0.05, 0.1) is 19.1 Å². The predicted molar refractivity (Wildman–Crippen MR) is 124 cm³/mol. The van der Waals surface area contributed by atoms with Crippen LogP contribution in [-0.4, -0.2) is 18.0 Å². The number of methoxy groups -OCH3 is 1. The number of carbonyl (C=O) groups excluding carboxylic acids is 1. The Morgan fingerprint density at radius 1 is 1.19 bits per heavy atom. The van der Waals surface area contributed by atoms with E-state index in [-0.39, 0.29) is 11.1 Å². The molecule has 0 aliphatic heterocycles. The third-order valence-corrected chi connectivity index (χ3v) is 5.42. The van der Waals surface area contributed by atoms with Gasteiger partial charge in [-0.25, -0.2) is 4.98 Å². The quantitative estimate of drug-likeness (QED) is 0.288. The number of pyridine rings is 1. The second-order valence-electron chi connectivity index (χ2n) is 7.13. The van der Waals surface area contributed by atoms with E-state index in [4.69, 9.17) is 20.8 Å². The fraction of sp³-hybridized carbons (Fsp3) is 0.120. The topological polar surface area (TPSA) is 64.4 Å². The highest BCUT2D eigenvalue weighted by Crippen LogP contribution is 2.40. The lowest BCUT2D eigenvalue weighted by Gasteiger charge is -2.13. The summed E-state index contributed by atoms with van der Waals surface area (Å²) in [5.74, 6) is 0.366. The van der Waals surface area contributed by atoms with Gasteiger partial charge in [-0.15, -0.1) is 0 Å². The molecule has 5 nitrogen and oxygen atoms in total. The zero-order valence-electron chi connectivity index (χ0n) is 17.4. The molecule has 31 heavy (non-hydrogen) atoms. The molecule has 0 spiro atoms. The van der Waals surface area contributed by atoms with E-state index >= 15 is 0 Å². The van der Waals surface area contributed by atoms with E-state index in [1.165, 1.54) is 6.08 Å². The number of furan rings is 1. The Hall–Kier alpha value is -3.57. The summed E-state index contributed by atoms with van der Waals surface area (Å²) in [7, 11) is 1.61. The molecule has 1 N–H and O–H groups in total. The Labute approximate surface area is 185 Å². The number of halogens is 1. The summed E-state index contributed by atoms with van der Waals surface area (Å²) in [5.41, 5.74) is 5.71. The molecule has 0 radical (unpaired) electrons. The number of aromatic nitrogens is 1. The van der Waals surface area contributed by atoms with Crippen molar-refractivity contribution >= 4 is 39.7 Å². The average molecular weight is 433 g/mol. The Bertz CT molecular complexity index is 1290. The molecule has 0 aliphatic carbocycles. The van der Waals surface area contributed by atoms with Crippen molar-refractivity contribution < 1.29 is 13.9 Å². The number of allylic oxidation sites excluding steroid dienone is 1. The summed E-state index contributed by atoms with van der Waals surface area (Å²) in [6, 6.07) is 15.4. The number of carbonyl (C=O) groups is 1. The molecule has 0 saturated heterocycles. The fourth-order valence-electron chi connectivity index (χ4n) is 3.64. The summed E-state index contributed by atoms with van der Waals surface area (Å²) in [5, 5.41) is 3.96.